The summed E-state index contributed by atoms with van der Waals surface area (Å²) in [4.78, 5) is 14.8. The van der Waals surface area contributed by atoms with Crippen molar-refractivity contribution in [2.75, 3.05) is 6.54 Å². The van der Waals surface area contributed by atoms with Gasteiger partial charge in [0.25, 0.3) is 11.8 Å². The molecular weight excluding hydrogens is 392 g/mol. The topological polar surface area (TPSA) is 20.3 Å². The smallest absolute Gasteiger partial charge is 0.280 e. The molecule has 2 aliphatic rings. The Bertz CT molecular complexity index is 1130. The molecule has 0 saturated carbocycles. The second kappa shape index (κ2) is 7.16. The fraction of sp³-hybridized carbons (Fsp3) is 0.222. The summed E-state index contributed by atoms with van der Waals surface area (Å²) in [5.74, 6) is -5.20. The van der Waals surface area contributed by atoms with Gasteiger partial charge in [0, 0.05) is 23.9 Å². The minimum absolute atomic E-state index is 0.00653. The standard InChI is InChI=1S/C27H23F2NO/c1-2-23(20-13-7-4-8-14-20)26-24-16-10-9-15-22(24)25(31)30(26)18-21(27(26,28)29)17-19-11-5-3-6-12-19/h2-16,21,23H,1,17-18H2. The first-order valence-corrected chi connectivity index (χ1v) is 10.5. The number of fused-ring (bicyclic) bond motifs is 3. The van der Waals surface area contributed by atoms with Crippen LogP contribution in [0.25, 0.3) is 0 Å². The molecule has 0 aliphatic carbocycles. The van der Waals surface area contributed by atoms with E-state index in [1.54, 1.807) is 30.3 Å². The normalized spacial score (nSPS) is 24.5. The van der Waals surface area contributed by atoms with Gasteiger partial charge < -0.3 is 4.90 Å². The second-order valence-corrected chi connectivity index (χ2v) is 8.36. The molecule has 2 aliphatic heterocycles. The Morgan fingerprint density at radius 2 is 1.58 bits per heavy atom. The third-order valence-corrected chi connectivity index (χ3v) is 6.83. The maximum Gasteiger partial charge on any atom is 0.280 e. The molecule has 31 heavy (non-hydrogen) atoms. The number of carbonyl (C=O) groups excluding carboxylic acids is 1. The lowest BCUT2D eigenvalue weighted by Crippen LogP contribution is -2.53. The van der Waals surface area contributed by atoms with E-state index in [-0.39, 0.29) is 18.9 Å². The molecule has 3 unspecified atom stereocenters. The van der Waals surface area contributed by atoms with E-state index in [0.29, 0.717) is 11.1 Å². The predicted octanol–water partition coefficient (Wildman–Crippen LogP) is 5.82. The maximum absolute atomic E-state index is 16.6. The summed E-state index contributed by atoms with van der Waals surface area (Å²) < 4.78 is 33.3. The number of rotatable bonds is 5. The van der Waals surface area contributed by atoms with E-state index in [2.05, 4.69) is 6.58 Å². The maximum atomic E-state index is 16.6. The SMILES string of the molecule is C=CC(c1ccccc1)C12c3ccccc3C(=O)N1CC(Cc1ccccc1)C2(F)F. The highest BCUT2D eigenvalue weighted by atomic mass is 19.3. The monoisotopic (exact) mass is 415 g/mol. The summed E-state index contributed by atoms with van der Waals surface area (Å²) >= 11 is 0. The van der Waals surface area contributed by atoms with Gasteiger partial charge in [-0.1, -0.05) is 84.9 Å². The van der Waals surface area contributed by atoms with Gasteiger partial charge in [0.15, 0.2) is 0 Å². The third-order valence-electron chi connectivity index (χ3n) is 6.83. The highest BCUT2D eigenvalue weighted by Gasteiger charge is 2.74. The van der Waals surface area contributed by atoms with Crippen molar-refractivity contribution >= 4 is 5.91 Å². The first-order valence-electron chi connectivity index (χ1n) is 10.5. The van der Waals surface area contributed by atoms with Gasteiger partial charge in [-0.05, 0) is 29.2 Å². The van der Waals surface area contributed by atoms with Crippen LogP contribution >= 0.6 is 0 Å². The summed E-state index contributed by atoms with van der Waals surface area (Å²) in [5, 5.41) is 0. The van der Waals surface area contributed by atoms with Crippen molar-refractivity contribution in [1.82, 2.24) is 4.90 Å². The Hall–Kier alpha value is -3.27. The van der Waals surface area contributed by atoms with E-state index in [1.807, 2.05) is 60.7 Å². The molecule has 2 nitrogen and oxygen atoms in total. The fourth-order valence-corrected chi connectivity index (χ4v) is 5.53. The van der Waals surface area contributed by atoms with Crippen molar-refractivity contribution in [2.24, 2.45) is 5.92 Å². The number of hydrogen-bond acceptors (Lipinski definition) is 1. The zero-order chi connectivity index (χ0) is 21.6. The van der Waals surface area contributed by atoms with E-state index >= 15 is 8.78 Å². The van der Waals surface area contributed by atoms with E-state index in [0.717, 1.165) is 11.1 Å². The van der Waals surface area contributed by atoms with E-state index in [1.165, 1.54) is 4.90 Å². The van der Waals surface area contributed by atoms with E-state index in [9.17, 15) is 4.79 Å². The van der Waals surface area contributed by atoms with Gasteiger partial charge in [0.2, 0.25) is 0 Å². The minimum atomic E-state index is -3.15. The number of halogens is 2. The van der Waals surface area contributed by atoms with Gasteiger partial charge in [-0.3, -0.25) is 4.79 Å². The molecule has 1 amide bonds. The molecule has 3 aromatic carbocycles. The number of amides is 1. The van der Waals surface area contributed by atoms with Crippen LogP contribution in [0.15, 0.2) is 97.6 Å². The van der Waals surface area contributed by atoms with Gasteiger partial charge in [0.05, 0.1) is 0 Å². The van der Waals surface area contributed by atoms with Crippen molar-refractivity contribution < 1.29 is 13.6 Å². The fourth-order valence-electron chi connectivity index (χ4n) is 5.53. The Morgan fingerprint density at radius 1 is 0.968 bits per heavy atom. The first kappa shape index (κ1) is 19.7. The van der Waals surface area contributed by atoms with Gasteiger partial charge in [0.1, 0.15) is 5.54 Å². The molecule has 0 aromatic heterocycles. The Morgan fingerprint density at radius 3 is 2.26 bits per heavy atom. The Balaban J connectivity index is 1.72. The van der Waals surface area contributed by atoms with Gasteiger partial charge in [-0.2, -0.15) is 0 Å². The molecule has 2 heterocycles. The number of benzene rings is 3. The molecule has 0 N–H and O–H groups in total. The molecule has 1 saturated heterocycles. The van der Waals surface area contributed by atoms with Crippen LogP contribution in [-0.4, -0.2) is 23.3 Å². The number of alkyl halides is 2. The van der Waals surface area contributed by atoms with Crippen LogP contribution in [0.5, 0.6) is 0 Å². The summed E-state index contributed by atoms with van der Waals surface area (Å²) in [6, 6.07) is 25.3. The van der Waals surface area contributed by atoms with Gasteiger partial charge in [-0.25, -0.2) is 8.78 Å². The average molecular weight is 415 g/mol. The number of hydrogen-bond donors (Lipinski definition) is 0. The lowest BCUT2D eigenvalue weighted by molar-refractivity contribution is -0.119. The summed E-state index contributed by atoms with van der Waals surface area (Å²) in [7, 11) is 0. The quantitative estimate of drug-likeness (QED) is 0.481. The predicted molar refractivity (Wildman–Crippen MR) is 117 cm³/mol. The first-order chi connectivity index (χ1) is 15.0. The second-order valence-electron chi connectivity index (χ2n) is 8.36. The summed E-state index contributed by atoms with van der Waals surface area (Å²) in [6.07, 6.45) is 1.79. The van der Waals surface area contributed by atoms with Crippen molar-refractivity contribution in [3.05, 3.63) is 120 Å². The molecule has 3 aromatic rings. The van der Waals surface area contributed by atoms with Crippen LogP contribution in [0.2, 0.25) is 0 Å². The Kier molecular flexibility index (Phi) is 4.54. The van der Waals surface area contributed by atoms with Crippen molar-refractivity contribution in [2.45, 2.75) is 23.8 Å². The lowest BCUT2D eigenvalue weighted by Gasteiger charge is -2.43. The molecule has 0 radical (unpaired) electrons. The molecule has 156 valence electrons. The molecular formula is C27H23F2NO. The molecule has 1 fully saturated rings. The van der Waals surface area contributed by atoms with E-state index in [4.69, 9.17) is 0 Å². The largest absolute Gasteiger partial charge is 0.321 e. The van der Waals surface area contributed by atoms with Crippen molar-refractivity contribution in [1.29, 1.82) is 0 Å². The van der Waals surface area contributed by atoms with E-state index < -0.39 is 23.3 Å². The van der Waals surface area contributed by atoms with Crippen LogP contribution < -0.4 is 0 Å². The van der Waals surface area contributed by atoms with Gasteiger partial charge in [-0.15, -0.1) is 6.58 Å². The zero-order valence-corrected chi connectivity index (χ0v) is 17.0. The minimum Gasteiger partial charge on any atom is -0.321 e. The lowest BCUT2D eigenvalue weighted by atomic mass is 9.69. The zero-order valence-electron chi connectivity index (χ0n) is 17.0. The van der Waals surface area contributed by atoms with Crippen LogP contribution in [0.1, 0.15) is 33.0 Å². The highest BCUT2D eigenvalue weighted by Crippen LogP contribution is 2.63. The van der Waals surface area contributed by atoms with Crippen LogP contribution in [-0.2, 0) is 12.0 Å². The number of nitrogens with zero attached hydrogens (tertiary/aromatic N) is 1. The molecule has 0 spiro atoms. The third kappa shape index (κ3) is 2.64. The average Bonchev–Trinajstić information content (AvgIpc) is 3.18. The summed E-state index contributed by atoms with van der Waals surface area (Å²) in [5.41, 5.74) is 0.548. The highest BCUT2D eigenvalue weighted by molar-refractivity contribution is 6.01. The molecule has 5 rings (SSSR count). The molecule has 0 bridgehead atoms. The Labute approximate surface area is 180 Å². The van der Waals surface area contributed by atoms with Crippen LogP contribution in [0.4, 0.5) is 8.78 Å². The van der Waals surface area contributed by atoms with Crippen molar-refractivity contribution in [3.63, 3.8) is 0 Å². The van der Waals surface area contributed by atoms with Crippen LogP contribution in [0, 0.1) is 5.92 Å². The summed E-state index contributed by atoms with van der Waals surface area (Å²) in [6.45, 7) is 3.94. The molecule has 3 atom stereocenters. The number of carbonyl (C=O) groups is 1. The van der Waals surface area contributed by atoms with Crippen LogP contribution in [0.3, 0.4) is 0 Å². The molecule has 4 heteroatoms. The van der Waals surface area contributed by atoms with Crippen molar-refractivity contribution in [3.8, 4) is 0 Å². The van der Waals surface area contributed by atoms with Gasteiger partial charge >= 0.3 is 0 Å².